The van der Waals surface area contributed by atoms with Crippen LogP contribution in [-0.2, 0) is 4.79 Å². The molecule has 104 valence electrons. The molecule has 1 saturated carbocycles. The smallest absolute Gasteiger partial charge is 0.322 e. The number of hydrogen-bond donors (Lipinski definition) is 1. The van der Waals surface area contributed by atoms with Crippen LogP contribution in [-0.4, -0.2) is 40.6 Å². The van der Waals surface area contributed by atoms with Crippen LogP contribution in [0.15, 0.2) is 0 Å². The lowest BCUT2D eigenvalue weighted by atomic mass is 10.2. The normalized spacial score (nSPS) is 15.5. The summed E-state index contributed by atoms with van der Waals surface area (Å²) in [7, 11) is 1.45. The molecule has 19 heavy (non-hydrogen) atoms. The quantitative estimate of drug-likeness (QED) is 0.858. The van der Waals surface area contributed by atoms with Gasteiger partial charge in [-0.3, -0.25) is 4.79 Å². The summed E-state index contributed by atoms with van der Waals surface area (Å²) in [5.74, 6) is -0.0926. The van der Waals surface area contributed by atoms with E-state index in [2.05, 4.69) is 15.0 Å². The lowest BCUT2D eigenvalue weighted by molar-refractivity contribution is -0.116. The van der Waals surface area contributed by atoms with Gasteiger partial charge in [0.2, 0.25) is 17.1 Å². The molecule has 1 amide bonds. The predicted molar refractivity (Wildman–Crippen MR) is 70.2 cm³/mol. The molecule has 1 fully saturated rings. The third-order valence-corrected chi connectivity index (χ3v) is 3.28. The molecule has 7 nitrogen and oxygen atoms in total. The molecule has 2 rings (SSSR count). The number of anilines is 1. The van der Waals surface area contributed by atoms with Crippen LogP contribution in [0.2, 0.25) is 5.28 Å². The Hall–Kier alpha value is -1.63. The van der Waals surface area contributed by atoms with Gasteiger partial charge in [-0.25, -0.2) is 0 Å². The van der Waals surface area contributed by atoms with E-state index in [1.807, 2.05) is 0 Å². The summed E-state index contributed by atoms with van der Waals surface area (Å²) < 4.78 is 4.96. The van der Waals surface area contributed by atoms with E-state index in [9.17, 15) is 4.79 Å². The average molecular weight is 286 g/mol. The Kier molecular flexibility index (Phi) is 4.36. The Bertz CT molecular complexity index is 464. The Morgan fingerprint density at radius 1 is 1.42 bits per heavy atom. The zero-order chi connectivity index (χ0) is 13.8. The molecule has 1 aromatic heterocycles. The van der Waals surface area contributed by atoms with Gasteiger partial charge in [0.05, 0.1) is 13.7 Å². The molecule has 0 aliphatic heterocycles. The molecule has 0 unspecified atom stereocenters. The third-order valence-electron chi connectivity index (χ3n) is 3.11. The number of carbonyl (C=O) groups excluding carboxylic acids is 1. The zero-order valence-corrected chi connectivity index (χ0v) is 11.4. The van der Waals surface area contributed by atoms with Crippen molar-refractivity contribution >= 4 is 23.5 Å². The predicted octanol–water partition coefficient (Wildman–Crippen LogP) is 0.768. The van der Waals surface area contributed by atoms with E-state index in [0.29, 0.717) is 5.95 Å². The first kappa shape index (κ1) is 13.8. The topological polar surface area (TPSA) is 94.2 Å². The van der Waals surface area contributed by atoms with E-state index in [0.717, 1.165) is 25.7 Å². The third kappa shape index (κ3) is 3.44. The molecule has 0 aromatic carbocycles. The largest absolute Gasteiger partial charge is 0.467 e. The van der Waals surface area contributed by atoms with Gasteiger partial charge in [0.25, 0.3) is 0 Å². The fraction of sp³-hybridized carbons (Fsp3) is 0.636. The maximum atomic E-state index is 11.2. The molecule has 2 N–H and O–H groups in total. The van der Waals surface area contributed by atoms with E-state index in [1.165, 1.54) is 7.11 Å². The SMILES string of the molecule is COc1nc(Cl)nc(N(CC(N)=O)C2CCCC2)n1. The molecule has 1 aliphatic carbocycles. The first-order chi connectivity index (χ1) is 9.10. The van der Waals surface area contributed by atoms with Crippen molar-refractivity contribution in [3.05, 3.63) is 5.28 Å². The van der Waals surface area contributed by atoms with E-state index in [-0.39, 0.29) is 23.9 Å². The number of rotatable bonds is 5. The van der Waals surface area contributed by atoms with E-state index < -0.39 is 5.91 Å². The second-order valence-corrected chi connectivity index (χ2v) is 4.76. The Labute approximate surface area is 116 Å². The first-order valence-corrected chi connectivity index (χ1v) is 6.48. The van der Waals surface area contributed by atoms with Crippen molar-refractivity contribution in [1.29, 1.82) is 0 Å². The Balaban J connectivity index is 2.30. The summed E-state index contributed by atoms with van der Waals surface area (Å²) in [5, 5.41) is 0.0364. The van der Waals surface area contributed by atoms with Gasteiger partial charge in [-0.05, 0) is 24.4 Å². The number of amides is 1. The zero-order valence-electron chi connectivity index (χ0n) is 10.7. The summed E-state index contributed by atoms with van der Waals surface area (Å²) in [6.07, 6.45) is 4.21. The van der Waals surface area contributed by atoms with Crippen LogP contribution >= 0.6 is 11.6 Å². The minimum Gasteiger partial charge on any atom is -0.467 e. The van der Waals surface area contributed by atoms with Crippen LogP contribution in [0, 0.1) is 0 Å². The second kappa shape index (κ2) is 6.01. The highest BCUT2D eigenvalue weighted by atomic mass is 35.5. The number of aromatic nitrogens is 3. The first-order valence-electron chi connectivity index (χ1n) is 6.10. The van der Waals surface area contributed by atoms with Crippen LogP contribution in [0.25, 0.3) is 0 Å². The molecule has 1 aliphatic rings. The highest BCUT2D eigenvalue weighted by molar-refractivity contribution is 6.28. The van der Waals surface area contributed by atoms with Gasteiger partial charge in [-0.2, -0.15) is 15.0 Å². The molecule has 0 spiro atoms. The monoisotopic (exact) mass is 285 g/mol. The lowest BCUT2D eigenvalue weighted by Crippen LogP contribution is -2.41. The molecular formula is C11H16ClN5O2. The maximum absolute atomic E-state index is 11.2. The van der Waals surface area contributed by atoms with E-state index in [4.69, 9.17) is 22.1 Å². The number of halogens is 1. The minimum atomic E-state index is -0.428. The average Bonchev–Trinajstić information content (AvgIpc) is 2.88. The van der Waals surface area contributed by atoms with Crippen LogP contribution in [0.4, 0.5) is 5.95 Å². The van der Waals surface area contributed by atoms with Crippen molar-refractivity contribution in [2.75, 3.05) is 18.6 Å². The number of nitrogens with two attached hydrogens (primary N) is 1. The van der Waals surface area contributed by atoms with Crippen LogP contribution in [0.3, 0.4) is 0 Å². The fourth-order valence-electron chi connectivity index (χ4n) is 2.29. The Morgan fingerprint density at radius 3 is 2.68 bits per heavy atom. The van der Waals surface area contributed by atoms with E-state index >= 15 is 0 Å². The number of methoxy groups -OCH3 is 1. The molecule has 0 radical (unpaired) electrons. The van der Waals surface area contributed by atoms with Crippen molar-refractivity contribution in [2.45, 2.75) is 31.7 Å². The molecule has 0 atom stereocenters. The minimum absolute atomic E-state index is 0.0364. The number of nitrogens with zero attached hydrogens (tertiary/aromatic N) is 4. The van der Waals surface area contributed by atoms with Gasteiger partial charge in [0.1, 0.15) is 0 Å². The summed E-state index contributed by atoms with van der Waals surface area (Å²) in [6.45, 7) is 0.0637. The highest BCUT2D eigenvalue weighted by Gasteiger charge is 2.26. The van der Waals surface area contributed by atoms with Crippen molar-refractivity contribution in [1.82, 2.24) is 15.0 Å². The van der Waals surface area contributed by atoms with Gasteiger partial charge < -0.3 is 15.4 Å². The molecule has 0 saturated heterocycles. The molecule has 1 heterocycles. The lowest BCUT2D eigenvalue weighted by Gasteiger charge is -2.27. The summed E-state index contributed by atoms with van der Waals surface area (Å²) >= 11 is 5.83. The van der Waals surface area contributed by atoms with Gasteiger partial charge >= 0.3 is 6.01 Å². The highest BCUT2D eigenvalue weighted by Crippen LogP contribution is 2.27. The van der Waals surface area contributed by atoms with Gasteiger partial charge in [-0.15, -0.1) is 0 Å². The maximum Gasteiger partial charge on any atom is 0.322 e. The molecule has 8 heteroatoms. The summed E-state index contributed by atoms with van der Waals surface area (Å²) in [6, 6.07) is 0.332. The summed E-state index contributed by atoms with van der Waals surface area (Å²) in [4.78, 5) is 25.0. The standard InChI is InChI=1S/C11H16ClN5O2/c1-19-11-15-9(12)14-10(16-11)17(6-8(13)18)7-4-2-3-5-7/h7H,2-6H2,1H3,(H2,13,18). The van der Waals surface area contributed by atoms with Crippen molar-refractivity contribution in [3.8, 4) is 6.01 Å². The molecule has 0 bridgehead atoms. The summed E-state index contributed by atoms with van der Waals surface area (Å²) in [5.41, 5.74) is 5.29. The van der Waals surface area contributed by atoms with Crippen LogP contribution < -0.4 is 15.4 Å². The number of ether oxygens (including phenoxy) is 1. The second-order valence-electron chi connectivity index (χ2n) is 4.42. The van der Waals surface area contributed by atoms with Gasteiger partial charge in [0, 0.05) is 6.04 Å². The number of primary amides is 1. The van der Waals surface area contributed by atoms with Crippen LogP contribution in [0.5, 0.6) is 6.01 Å². The van der Waals surface area contributed by atoms with Crippen molar-refractivity contribution in [3.63, 3.8) is 0 Å². The van der Waals surface area contributed by atoms with Crippen molar-refractivity contribution < 1.29 is 9.53 Å². The molecular weight excluding hydrogens is 270 g/mol. The van der Waals surface area contributed by atoms with Crippen molar-refractivity contribution in [2.24, 2.45) is 5.73 Å². The van der Waals surface area contributed by atoms with Gasteiger partial charge in [-0.1, -0.05) is 12.8 Å². The van der Waals surface area contributed by atoms with Gasteiger partial charge in [0.15, 0.2) is 0 Å². The number of hydrogen-bond acceptors (Lipinski definition) is 6. The molecule has 1 aromatic rings. The Morgan fingerprint density at radius 2 is 2.11 bits per heavy atom. The number of carbonyl (C=O) groups is 1. The van der Waals surface area contributed by atoms with Crippen LogP contribution in [0.1, 0.15) is 25.7 Å². The fourth-order valence-corrected chi connectivity index (χ4v) is 2.44. The van der Waals surface area contributed by atoms with E-state index in [1.54, 1.807) is 4.90 Å².